The fourth-order valence-electron chi connectivity index (χ4n) is 2.04. The number of phenolic OH excluding ortho intramolecular Hbond substituents is 1. The number of nitrogens with two attached hydrogens (primary N) is 3. The molecule has 7 heteroatoms. The minimum Gasteiger partial charge on any atom is -0.506 e. The Kier molecular flexibility index (Phi) is 4.54. The third kappa shape index (κ3) is 3.13. The number of aliphatic hydroxyl groups is 1. The van der Waals surface area contributed by atoms with Gasteiger partial charge in [0, 0.05) is 11.3 Å². The van der Waals surface area contributed by atoms with Crippen LogP contribution in [0.3, 0.4) is 0 Å². The van der Waals surface area contributed by atoms with Crippen molar-refractivity contribution in [1.29, 1.82) is 0 Å². The molecule has 1 unspecified atom stereocenters. The van der Waals surface area contributed by atoms with Gasteiger partial charge in [-0.2, -0.15) is 0 Å². The van der Waals surface area contributed by atoms with E-state index in [2.05, 4.69) is 0 Å². The zero-order chi connectivity index (χ0) is 16.4. The van der Waals surface area contributed by atoms with Crippen molar-refractivity contribution in [3.63, 3.8) is 0 Å². The molecule has 0 fully saturated rings. The van der Waals surface area contributed by atoms with Crippen molar-refractivity contribution in [3.05, 3.63) is 40.4 Å². The van der Waals surface area contributed by atoms with E-state index < -0.39 is 6.10 Å². The van der Waals surface area contributed by atoms with Crippen molar-refractivity contribution in [2.75, 3.05) is 23.8 Å². The number of aromatic hydroxyl groups is 1. The van der Waals surface area contributed by atoms with Crippen molar-refractivity contribution in [1.82, 2.24) is 0 Å². The first-order chi connectivity index (χ1) is 10.3. The molecule has 6 nitrogen and oxygen atoms in total. The fraction of sp³-hybridized carbons (Fsp3) is 0.200. The zero-order valence-electron chi connectivity index (χ0n) is 12.0. The summed E-state index contributed by atoms with van der Waals surface area (Å²) in [5.74, 6) is 0.312. The predicted molar refractivity (Wildman–Crippen MR) is 88.0 cm³/mol. The molecule has 0 aromatic heterocycles. The number of aliphatic hydroxyl groups excluding tert-OH is 1. The highest BCUT2D eigenvalue weighted by atomic mass is 35.5. The average Bonchev–Trinajstić information content (AvgIpc) is 2.47. The smallest absolute Gasteiger partial charge is 0.142 e. The third-order valence-electron chi connectivity index (χ3n) is 3.29. The monoisotopic (exact) mass is 323 g/mol. The van der Waals surface area contributed by atoms with E-state index in [1.54, 1.807) is 31.2 Å². The van der Waals surface area contributed by atoms with E-state index in [1.165, 1.54) is 0 Å². The van der Waals surface area contributed by atoms with E-state index in [0.717, 1.165) is 0 Å². The van der Waals surface area contributed by atoms with Gasteiger partial charge in [0.2, 0.25) is 0 Å². The SMILES string of the molecule is Cc1cc(C(O)COc2ccc(N)cc2N)c(N)c(Cl)c1O. The van der Waals surface area contributed by atoms with Crippen LogP contribution in [0.1, 0.15) is 17.2 Å². The Balaban J connectivity index is 2.18. The van der Waals surface area contributed by atoms with Gasteiger partial charge in [0.05, 0.1) is 11.4 Å². The summed E-state index contributed by atoms with van der Waals surface area (Å²) in [6.07, 6.45) is -1.02. The van der Waals surface area contributed by atoms with Gasteiger partial charge >= 0.3 is 0 Å². The first-order valence-corrected chi connectivity index (χ1v) is 6.92. The Morgan fingerprint density at radius 2 is 1.91 bits per heavy atom. The van der Waals surface area contributed by atoms with Crippen LogP contribution in [-0.2, 0) is 0 Å². The van der Waals surface area contributed by atoms with Gasteiger partial charge in [-0.25, -0.2) is 0 Å². The molecule has 2 aromatic rings. The van der Waals surface area contributed by atoms with Gasteiger partial charge in [0.15, 0.2) is 0 Å². The van der Waals surface area contributed by atoms with Gasteiger partial charge < -0.3 is 32.2 Å². The molecule has 0 saturated carbocycles. The van der Waals surface area contributed by atoms with Crippen molar-refractivity contribution in [3.8, 4) is 11.5 Å². The molecule has 0 aliphatic rings. The molecular formula is C15H18ClN3O3. The van der Waals surface area contributed by atoms with Gasteiger partial charge in [0.1, 0.15) is 29.2 Å². The molecule has 0 aliphatic heterocycles. The molecule has 0 saturated heterocycles. The Morgan fingerprint density at radius 1 is 1.23 bits per heavy atom. The summed E-state index contributed by atoms with van der Waals surface area (Å²) in [4.78, 5) is 0. The highest BCUT2D eigenvalue weighted by Gasteiger charge is 2.18. The Labute approximate surface area is 133 Å². The van der Waals surface area contributed by atoms with Gasteiger partial charge in [-0.15, -0.1) is 0 Å². The Bertz CT molecular complexity index is 707. The summed E-state index contributed by atoms with van der Waals surface area (Å²) in [7, 11) is 0. The topological polar surface area (TPSA) is 128 Å². The minimum absolute atomic E-state index is 0.0149. The molecule has 0 heterocycles. The van der Waals surface area contributed by atoms with Crippen LogP contribution in [0.15, 0.2) is 24.3 Å². The summed E-state index contributed by atoms with van der Waals surface area (Å²) in [5.41, 5.74) is 19.1. The molecule has 0 radical (unpaired) electrons. The van der Waals surface area contributed by atoms with Crippen LogP contribution >= 0.6 is 11.6 Å². The number of benzene rings is 2. The second-order valence-electron chi connectivity index (χ2n) is 4.98. The highest BCUT2D eigenvalue weighted by molar-refractivity contribution is 6.34. The van der Waals surface area contributed by atoms with Gasteiger partial charge in [-0.3, -0.25) is 0 Å². The summed E-state index contributed by atoms with van der Waals surface area (Å²) in [6.45, 7) is 1.59. The second-order valence-corrected chi connectivity index (χ2v) is 5.36. The van der Waals surface area contributed by atoms with Gasteiger partial charge in [0.25, 0.3) is 0 Å². The number of ether oxygens (including phenoxy) is 1. The number of rotatable bonds is 4. The molecule has 118 valence electrons. The van der Waals surface area contributed by atoms with E-state index in [-0.39, 0.29) is 23.1 Å². The van der Waals surface area contributed by atoms with Crippen molar-refractivity contribution in [2.24, 2.45) is 0 Å². The molecule has 0 bridgehead atoms. The number of hydrogen-bond acceptors (Lipinski definition) is 6. The van der Waals surface area contributed by atoms with E-state index in [9.17, 15) is 10.2 Å². The molecule has 22 heavy (non-hydrogen) atoms. The van der Waals surface area contributed by atoms with Crippen molar-refractivity contribution in [2.45, 2.75) is 13.0 Å². The standard InChI is InChI=1S/C15H18ClN3O3/c1-7-4-9(14(19)13(16)15(7)21)11(20)6-22-12-3-2-8(17)5-10(12)18/h2-5,11,20-21H,6,17-19H2,1H3. The highest BCUT2D eigenvalue weighted by Crippen LogP contribution is 2.38. The van der Waals surface area contributed by atoms with Crippen LogP contribution in [-0.4, -0.2) is 16.8 Å². The number of anilines is 3. The predicted octanol–water partition coefficient (Wildman–Crippen LogP) is 2.21. The van der Waals surface area contributed by atoms with Gasteiger partial charge in [-0.1, -0.05) is 11.6 Å². The molecule has 2 rings (SSSR count). The average molecular weight is 324 g/mol. The fourth-order valence-corrected chi connectivity index (χ4v) is 2.30. The lowest BCUT2D eigenvalue weighted by Crippen LogP contribution is -2.13. The van der Waals surface area contributed by atoms with Crippen LogP contribution in [0.5, 0.6) is 11.5 Å². The Hall–Kier alpha value is -2.31. The lowest BCUT2D eigenvalue weighted by atomic mass is 10.0. The number of phenols is 1. The maximum Gasteiger partial charge on any atom is 0.142 e. The van der Waals surface area contributed by atoms with Crippen LogP contribution in [0.4, 0.5) is 17.1 Å². The lowest BCUT2D eigenvalue weighted by Gasteiger charge is -2.18. The van der Waals surface area contributed by atoms with Crippen LogP contribution < -0.4 is 21.9 Å². The Morgan fingerprint density at radius 3 is 2.55 bits per heavy atom. The minimum atomic E-state index is -1.02. The maximum absolute atomic E-state index is 10.2. The summed E-state index contributed by atoms with van der Waals surface area (Å²) in [6, 6.07) is 6.40. The molecule has 2 aromatic carbocycles. The van der Waals surface area contributed by atoms with Crippen LogP contribution in [0.25, 0.3) is 0 Å². The van der Waals surface area contributed by atoms with Crippen molar-refractivity contribution >= 4 is 28.7 Å². The quantitative estimate of drug-likeness (QED) is 0.549. The number of halogens is 1. The second kappa shape index (κ2) is 6.21. The molecule has 0 spiro atoms. The van der Waals surface area contributed by atoms with E-state index in [4.69, 9.17) is 33.5 Å². The normalized spacial score (nSPS) is 12.1. The number of hydrogen-bond donors (Lipinski definition) is 5. The van der Waals surface area contributed by atoms with Crippen molar-refractivity contribution < 1.29 is 14.9 Å². The third-order valence-corrected chi connectivity index (χ3v) is 3.67. The first-order valence-electron chi connectivity index (χ1n) is 6.54. The molecule has 1 atom stereocenters. The van der Waals surface area contributed by atoms with E-state index in [1.807, 2.05) is 0 Å². The maximum atomic E-state index is 10.2. The summed E-state index contributed by atoms with van der Waals surface area (Å²) >= 11 is 5.93. The summed E-state index contributed by atoms with van der Waals surface area (Å²) < 4.78 is 5.48. The summed E-state index contributed by atoms with van der Waals surface area (Å²) in [5, 5.41) is 20.0. The lowest BCUT2D eigenvalue weighted by molar-refractivity contribution is 0.109. The number of aryl methyl sites for hydroxylation is 1. The van der Waals surface area contributed by atoms with Crippen LogP contribution in [0.2, 0.25) is 5.02 Å². The first kappa shape index (κ1) is 16.1. The van der Waals surface area contributed by atoms with Gasteiger partial charge in [-0.05, 0) is 36.8 Å². The molecule has 8 N–H and O–H groups in total. The number of nitrogen functional groups attached to an aromatic ring is 3. The van der Waals surface area contributed by atoms with Crippen LogP contribution in [0, 0.1) is 6.92 Å². The largest absolute Gasteiger partial charge is 0.506 e. The molecular weight excluding hydrogens is 306 g/mol. The molecule has 0 amide bonds. The molecule has 0 aliphatic carbocycles. The van der Waals surface area contributed by atoms with E-state index >= 15 is 0 Å². The van der Waals surface area contributed by atoms with E-state index in [0.29, 0.717) is 28.3 Å². The zero-order valence-corrected chi connectivity index (χ0v) is 12.8.